The SMILES string of the molecule is CCOc1cc(C(=O)O[C@@H](C)C(=O)N[C@@H]2CCS(=O)(=O)C2)ccc1OC. The first kappa shape index (κ1) is 20.0. The van der Waals surface area contributed by atoms with E-state index in [-0.39, 0.29) is 17.1 Å². The van der Waals surface area contributed by atoms with Crippen molar-refractivity contribution in [2.45, 2.75) is 32.4 Å². The fourth-order valence-corrected chi connectivity index (χ4v) is 4.25. The van der Waals surface area contributed by atoms with Gasteiger partial charge in [-0.3, -0.25) is 4.79 Å². The van der Waals surface area contributed by atoms with Crippen molar-refractivity contribution in [3.8, 4) is 11.5 Å². The highest BCUT2D eigenvalue weighted by atomic mass is 32.2. The van der Waals surface area contributed by atoms with Gasteiger partial charge in [0.15, 0.2) is 27.4 Å². The Labute approximate surface area is 152 Å². The molecule has 26 heavy (non-hydrogen) atoms. The van der Waals surface area contributed by atoms with Crippen LogP contribution in [0.1, 0.15) is 30.6 Å². The minimum absolute atomic E-state index is 0.0537. The van der Waals surface area contributed by atoms with Crippen molar-refractivity contribution in [2.24, 2.45) is 0 Å². The van der Waals surface area contributed by atoms with E-state index >= 15 is 0 Å². The molecule has 1 aromatic carbocycles. The monoisotopic (exact) mass is 385 g/mol. The topological polar surface area (TPSA) is 108 Å². The molecule has 1 amide bonds. The summed E-state index contributed by atoms with van der Waals surface area (Å²) in [7, 11) is -1.61. The Morgan fingerprint density at radius 1 is 1.31 bits per heavy atom. The molecule has 144 valence electrons. The van der Waals surface area contributed by atoms with Crippen molar-refractivity contribution in [1.82, 2.24) is 5.32 Å². The Balaban J connectivity index is 1.98. The maximum atomic E-state index is 12.3. The molecule has 1 aliphatic heterocycles. The van der Waals surface area contributed by atoms with Gasteiger partial charge < -0.3 is 19.5 Å². The number of hydrogen-bond acceptors (Lipinski definition) is 7. The summed E-state index contributed by atoms with van der Waals surface area (Å²) in [6.45, 7) is 3.64. The summed E-state index contributed by atoms with van der Waals surface area (Å²) in [5.41, 5.74) is 0.220. The van der Waals surface area contributed by atoms with Gasteiger partial charge in [-0.2, -0.15) is 0 Å². The summed E-state index contributed by atoms with van der Waals surface area (Å²) < 4.78 is 38.6. The smallest absolute Gasteiger partial charge is 0.339 e. The maximum absolute atomic E-state index is 12.3. The highest BCUT2D eigenvalue weighted by Crippen LogP contribution is 2.28. The Morgan fingerprint density at radius 3 is 2.62 bits per heavy atom. The van der Waals surface area contributed by atoms with Crippen LogP contribution in [0.3, 0.4) is 0 Å². The number of methoxy groups -OCH3 is 1. The van der Waals surface area contributed by atoms with Crippen molar-refractivity contribution in [3.63, 3.8) is 0 Å². The first-order chi connectivity index (χ1) is 12.3. The molecule has 1 heterocycles. The van der Waals surface area contributed by atoms with Crippen molar-refractivity contribution in [2.75, 3.05) is 25.2 Å². The van der Waals surface area contributed by atoms with Crippen LogP contribution in [0.2, 0.25) is 0 Å². The van der Waals surface area contributed by atoms with Crippen LogP contribution in [0.15, 0.2) is 18.2 Å². The van der Waals surface area contributed by atoms with Crippen LogP contribution in [-0.2, 0) is 19.4 Å². The predicted octanol–water partition coefficient (Wildman–Crippen LogP) is 0.943. The lowest BCUT2D eigenvalue weighted by Crippen LogP contribution is -2.42. The lowest BCUT2D eigenvalue weighted by molar-refractivity contribution is -0.129. The highest BCUT2D eigenvalue weighted by Gasteiger charge is 2.30. The summed E-state index contributed by atoms with van der Waals surface area (Å²) >= 11 is 0. The van der Waals surface area contributed by atoms with Gasteiger partial charge >= 0.3 is 5.97 Å². The minimum Gasteiger partial charge on any atom is -0.493 e. The van der Waals surface area contributed by atoms with Crippen molar-refractivity contribution in [1.29, 1.82) is 0 Å². The number of ether oxygens (including phenoxy) is 3. The number of carbonyl (C=O) groups excluding carboxylic acids is 2. The Hall–Kier alpha value is -2.29. The minimum atomic E-state index is -3.10. The summed E-state index contributed by atoms with van der Waals surface area (Å²) in [5, 5.41) is 2.60. The molecule has 2 atom stereocenters. The highest BCUT2D eigenvalue weighted by molar-refractivity contribution is 7.91. The molecule has 0 aromatic heterocycles. The second kappa shape index (κ2) is 8.39. The molecular formula is C17H23NO7S. The van der Waals surface area contributed by atoms with Gasteiger partial charge in [0.25, 0.3) is 5.91 Å². The van der Waals surface area contributed by atoms with E-state index in [1.807, 2.05) is 0 Å². The van der Waals surface area contributed by atoms with E-state index in [1.165, 1.54) is 26.2 Å². The molecule has 1 aliphatic rings. The summed E-state index contributed by atoms with van der Waals surface area (Å²) in [4.78, 5) is 24.4. The number of sulfone groups is 1. The number of carbonyl (C=O) groups is 2. The molecule has 1 N–H and O–H groups in total. The quantitative estimate of drug-likeness (QED) is 0.696. The van der Waals surface area contributed by atoms with Gasteiger partial charge in [-0.25, -0.2) is 13.2 Å². The zero-order chi connectivity index (χ0) is 19.3. The lowest BCUT2D eigenvalue weighted by Gasteiger charge is -2.17. The zero-order valence-electron chi connectivity index (χ0n) is 15.0. The van der Waals surface area contributed by atoms with E-state index in [0.29, 0.717) is 24.5 Å². The van der Waals surface area contributed by atoms with E-state index in [1.54, 1.807) is 13.0 Å². The molecule has 0 radical (unpaired) electrons. The van der Waals surface area contributed by atoms with E-state index < -0.39 is 33.9 Å². The fraction of sp³-hybridized carbons (Fsp3) is 0.529. The molecule has 0 bridgehead atoms. The third-order valence-corrected chi connectivity index (χ3v) is 5.70. The molecule has 0 saturated carbocycles. The summed E-state index contributed by atoms with van der Waals surface area (Å²) in [5.74, 6) is -0.364. The largest absolute Gasteiger partial charge is 0.493 e. The number of hydrogen-bond donors (Lipinski definition) is 1. The Morgan fingerprint density at radius 2 is 2.04 bits per heavy atom. The first-order valence-corrected chi connectivity index (χ1v) is 10.1. The summed E-state index contributed by atoms with van der Waals surface area (Å²) in [6.07, 6.45) is -0.686. The lowest BCUT2D eigenvalue weighted by atomic mass is 10.2. The van der Waals surface area contributed by atoms with Crippen molar-refractivity contribution >= 4 is 21.7 Å². The molecule has 8 nitrogen and oxygen atoms in total. The fourth-order valence-electron chi connectivity index (χ4n) is 2.58. The van der Waals surface area contributed by atoms with Crippen LogP contribution in [0.4, 0.5) is 0 Å². The number of nitrogens with one attached hydrogen (secondary N) is 1. The van der Waals surface area contributed by atoms with E-state index in [9.17, 15) is 18.0 Å². The number of amides is 1. The van der Waals surface area contributed by atoms with Gasteiger partial charge in [-0.15, -0.1) is 0 Å². The molecule has 1 fully saturated rings. The molecular weight excluding hydrogens is 362 g/mol. The standard InChI is InChI=1S/C17H23NO7S/c1-4-24-15-9-12(5-6-14(15)23-3)17(20)25-11(2)16(19)18-13-7-8-26(21,22)10-13/h5-6,9,11,13H,4,7-8,10H2,1-3H3,(H,18,19)/t11-,13+/m0/s1. The van der Waals surface area contributed by atoms with Gasteiger partial charge in [-0.05, 0) is 38.5 Å². The van der Waals surface area contributed by atoms with Gasteiger partial charge in [0.2, 0.25) is 0 Å². The molecule has 9 heteroatoms. The van der Waals surface area contributed by atoms with E-state index in [4.69, 9.17) is 14.2 Å². The van der Waals surface area contributed by atoms with Crippen LogP contribution in [0.5, 0.6) is 11.5 Å². The third-order valence-electron chi connectivity index (χ3n) is 3.93. The van der Waals surface area contributed by atoms with Gasteiger partial charge in [0.05, 0.1) is 30.8 Å². The Bertz CT molecular complexity index is 775. The van der Waals surface area contributed by atoms with E-state index in [0.717, 1.165) is 0 Å². The van der Waals surface area contributed by atoms with Gasteiger partial charge in [0, 0.05) is 6.04 Å². The van der Waals surface area contributed by atoms with Crippen LogP contribution >= 0.6 is 0 Å². The second-order valence-electron chi connectivity index (χ2n) is 5.95. The number of rotatable bonds is 7. The Kier molecular flexibility index (Phi) is 6.47. The average Bonchev–Trinajstić information content (AvgIpc) is 2.93. The molecule has 1 saturated heterocycles. The molecule has 0 aliphatic carbocycles. The van der Waals surface area contributed by atoms with E-state index in [2.05, 4.69) is 5.32 Å². The van der Waals surface area contributed by atoms with Gasteiger partial charge in [0.1, 0.15) is 0 Å². The third kappa shape index (κ3) is 5.10. The summed E-state index contributed by atoms with van der Waals surface area (Å²) in [6, 6.07) is 4.13. The van der Waals surface area contributed by atoms with Gasteiger partial charge in [-0.1, -0.05) is 0 Å². The first-order valence-electron chi connectivity index (χ1n) is 8.28. The molecule has 0 unspecified atom stereocenters. The average molecular weight is 385 g/mol. The van der Waals surface area contributed by atoms with Crippen molar-refractivity contribution < 1.29 is 32.2 Å². The second-order valence-corrected chi connectivity index (χ2v) is 8.18. The molecule has 1 aromatic rings. The normalized spacial score (nSPS) is 19.4. The molecule has 2 rings (SSSR count). The number of esters is 1. The predicted molar refractivity (Wildman–Crippen MR) is 94.2 cm³/mol. The van der Waals surface area contributed by atoms with Crippen LogP contribution in [0.25, 0.3) is 0 Å². The number of benzene rings is 1. The molecule has 0 spiro atoms. The zero-order valence-corrected chi connectivity index (χ0v) is 15.8. The van der Waals surface area contributed by atoms with Crippen LogP contribution in [0, 0.1) is 0 Å². The van der Waals surface area contributed by atoms with Crippen LogP contribution < -0.4 is 14.8 Å². The van der Waals surface area contributed by atoms with Crippen LogP contribution in [-0.4, -0.2) is 57.7 Å². The maximum Gasteiger partial charge on any atom is 0.339 e. The van der Waals surface area contributed by atoms with Crippen molar-refractivity contribution in [3.05, 3.63) is 23.8 Å².